The summed E-state index contributed by atoms with van der Waals surface area (Å²) in [5, 5.41) is 6.42. The van der Waals surface area contributed by atoms with E-state index in [1.807, 2.05) is 30.3 Å². The lowest BCUT2D eigenvalue weighted by Gasteiger charge is -2.16. The van der Waals surface area contributed by atoms with Gasteiger partial charge in [-0.15, -0.1) is 0 Å². The number of hydrogen-bond donors (Lipinski definition) is 2. The summed E-state index contributed by atoms with van der Waals surface area (Å²) < 4.78 is 6.24. The van der Waals surface area contributed by atoms with Crippen LogP contribution >= 0.6 is 15.9 Å². The van der Waals surface area contributed by atoms with Gasteiger partial charge in [-0.1, -0.05) is 34.1 Å². The molecular weight excluding hydrogens is 420 g/mol. The Morgan fingerprint density at radius 1 is 1.14 bits per heavy atom. The molecule has 0 unspecified atom stereocenters. The van der Waals surface area contributed by atoms with E-state index >= 15 is 0 Å². The van der Waals surface area contributed by atoms with Crippen molar-refractivity contribution in [2.45, 2.75) is 20.0 Å². The Hall–Kier alpha value is -2.54. The Bertz CT molecular complexity index is 820. The van der Waals surface area contributed by atoms with Crippen molar-refractivity contribution in [2.24, 2.45) is 4.99 Å². The molecule has 7 heteroatoms. The highest BCUT2D eigenvalue weighted by molar-refractivity contribution is 9.10. The van der Waals surface area contributed by atoms with E-state index in [4.69, 9.17) is 4.74 Å². The van der Waals surface area contributed by atoms with Crippen molar-refractivity contribution in [3.8, 4) is 5.75 Å². The van der Waals surface area contributed by atoms with E-state index in [1.165, 1.54) is 11.1 Å². The molecule has 2 aromatic carbocycles. The minimum atomic E-state index is -0.0150. The maximum absolute atomic E-state index is 11.9. The van der Waals surface area contributed by atoms with Crippen LogP contribution in [-0.2, 0) is 17.9 Å². The van der Waals surface area contributed by atoms with Gasteiger partial charge in [0.25, 0.3) is 0 Å². The zero-order chi connectivity index (χ0) is 20.5. The Morgan fingerprint density at radius 3 is 2.46 bits per heavy atom. The number of likely N-dealkylation sites (N-methyl/N-ethyl adjacent to an activating group) is 1. The van der Waals surface area contributed by atoms with Gasteiger partial charge in [0, 0.05) is 25.1 Å². The molecule has 2 rings (SSSR count). The smallest absolute Gasteiger partial charge is 0.241 e. The molecule has 1 amide bonds. The van der Waals surface area contributed by atoms with Gasteiger partial charge in [0.2, 0.25) is 5.91 Å². The van der Waals surface area contributed by atoms with Crippen LogP contribution in [0, 0.1) is 6.92 Å². The molecular formula is C21H27BrN4O2. The number of ether oxygens (including phenoxy) is 1. The number of halogens is 1. The number of amides is 1. The first kappa shape index (κ1) is 21.8. The second-order valence-electron chi connectivity index (χ2n) is 6.58. The molecule has 0 aliphatic heterocycles. The van der Waals surface area contributed by atoms with Gasteiger partial charge >= 0.3 is 0 Å². The third-order valence-electron chi connectivity index (χ3n) is 4.24. The Labute approximate surface area is 175 Å². The number of nitrogens with one attached hydrogen (secondary N) is 2. The van der Waals surface area contributed by atoms with Crippen LogP contribution in [0.15, 0.2) is 51.9 Å². The summed E-state index contributed by atoms with van der Waals surface area (Å²) in [5.41, 5.74) is 3.41. The number of aliphatic imine (C=N–C) groups is 1. The van der Waals surface area contributed by atoms with Gasteiger partial charge in [0.1, 0.15) is 5.75 Å². The van der Waals surface area contributed by atoms with Gasteiger partial charge in [0.15, 0.2) is 5.96 Å². The molecule has 150 valence electrons. The summed E-state index contributed by atoms with van der Waals surface area (Å²) in [6.07, 6.45) is 0. The minimum Gasteiger partial charge on any atom is -0.497 e. The maximum Gasteiger partial charge on any atom is 0.241 e. The topological polar surface area (TPSA) is 66.0 Å². The second kappa shape index (κ2) is 10.7. The summed E-state index contributed by atoms with van der Waals surface area (Å²) in [4.78, 5) is 18.1. The van der Waals surface area contributed by atoms with Crippen LogP contribution in [-0.4, -0.2) is 44.5 Å². The molecule has 0 spiro atoms. The average molecular weight is 447 g/mol. The van der Waals surface area contributed by atoms with Crippen LogP contribution in [0.25, 0.3) is 0 Å². The SMILES string of the molecule is COc1ccc(CN=C(NCC(=O)N(C)C)NCc2ccc(Br)cc2C)cc1. The van der Waals surface area contributed by atoms with Gasteiger partial charge in [-0.2, -0.15) is 0 Å². The van der Waals surface area contributed by atoms with Crippen molar-refractivity contribution >= 4 is 27.8 Å². The third-order valence-corrected chi connectivity index (χ3v) is 4.73. The number of carbonyl (C=O) groups is 1. The van der Waals surface area contributed by atoms with E-state index < -0.39 is 0 Å². The van der Waals surface area contributed by atoms with Crippen LogP contribution in [0.2, 0.25) is 0 Å². The lowest BCUT2D eigenvalue weighted by Crippen LogP contribution is -2.42. The monoisotopic (exact) mass is 446 g/mol. The summed E-state index contributed by atoms with van der Waals surface area (Å²) in [7, 11) is 5.11. The zero-order valence-corrected chi connectivity index (χ0v) is 18.3. The number of benzene rings is 2. The lowest BCUT2D eigenvalue weighted by molar-refractivity contribution is -0.127. The highest BCUT2D eigenvalue weighted by Crippen LogP contribution is 2.15. The van der Waals surface area contributed by atoms with Crippen molar-refractivity contribution < 1.29 is 9.53 Å². The van der Waals surface area contributed by atoms with E-state index in [1.54, 1.807) is 26.1 Å². The molecule has 0 atom stereocenters. The van der Waals surface area contributed by atoms with Crippen LogP contribution in [0.4, 0.5) is 0 Å². The van der Waals surface area contributed by atoms with Gasteiger partial charge in [-0.25, -0.2) is 4.99 Å². The third kappa shape index (κ3) is 6.88. The number of carbonyl (C=O) groups excluding carboxylic acids is 1. The molecule has 0 radical (unpaired) electrons. The van der Waals surface area contributed by atoms with Crippen molar-refractivity contribution in [1.82, 2.24) is 15.5 Å². The average Bonchev–Trinajstić information content (AvgIpc) is 2.68. The highest BCUT2D eigenvalue weighted by atomic mass is 79.9. The standard InChI is InChI=1S/C21H27BrN4O2/c1-15-11-18(22)8-7-17(15)13-24-21(25-14-20(27)26(2)3)23-12-16-5-9-19(28-4)10-6-16/h5-11H,12-14H2,1-4H3,(H2,23,24,25). The maximum atomic E-state index is 11.9. The van der Waals surface area contributed by atoms with Crippen molar-refractivity contribution in [3.05, 3.63) is 63.6 Å². The predicted octanol–water partition coefficient (Wildman–Crippen LogP) is 3.09. The molecule has 0 aliphatic carbocycles. The molecule has 0 saturated heterocycles. The molecule has 2 aromatic rings. The van der Waals surface area contributed by atoms with Crippen LogP contribution < -0.4 is 15.4 Å². The Kier molecular flexibility index (Phi) is 8.32. The first-order valence-electron chi connectivity index (χ1n) is 8.99. The molecule has 0 aliphatic rings. The Balaban J connectivity index is 2.06. The predicted molar refractivity (Wildman–Crippen MR) is 117 cm³/mol. The normalized spacial score (nSPS) is 11.1. The second-order valence-corrected chi connectivity index (χ2v) is 7.49. The number of rotatable bonds is 7. The summed E-state index contributed by atoms with van der Waals surface area (Å²) in [6, 6.07) is 13.9. The molecule has 0 heterocycles. The van der Waals surface area contributed by atoms with E-state index in [9.17, 15) is 4.79 Å². The van der Waals surface area contributed by atoms with Gasteiger partial charge < -0.3 is 20.3 Å². The first-order chi connectivity index (χ1) is 13.4. The number of nitrogens with zero attached hydrogens (tertiary/aromatic N) is 2. The van der Waals surface area contributed by atoms with E-state index in [0.717, 1.165) is 15.8 Å². The summed E-state index contributed by atoms with van der Waals surface area (Å²) >= 11 is 3.48. The van der Waals surface area contributed by atoms with Gasteiger partial charge in [-0.05, 0) is 47.9 Å². The molecule has 28 heavy (non-hydrogen) atoms. The van der Waals surface area contributed by atoms with Crippen molar-refractivity contribution in [1.29, 1.82) is 0 Å². The van der Waals surface area contributed by atoms with Gasteiger partial charge in [-0.3, -0.25) is 4.79 Å². The van der Waals surface area contributed by atoms with Crippen LogP contribution in [0.1, 0.15) is 16.7 Å². The molecule has 6 nitrogen and oxygen atoms in total. The fourth-order valence-electron chi connectivity index (χ4n) is 2.43. The fraction of sp³-hybridized carbons (Fsp3) is 0.333. The van der Waals surface area contributed by atoms with Crippen molar-refractivity contribution in [3.63, 3.8) is 0 Å². The quantitative estimate of drug-likeness (QED) is 0.506. The molecule has 2 N–H and O–H groups in total. The Morgan fingerprint density at radius 2 is 1.86 bits per heavy atom. The largest absolute Gasteiger partial charge is 0.497 e. The molecule has 0 fully saturated rings. The summed E-state index contributed by atoms with van der Waals surface area (Å²) in [5.74, 6) is 1.39. The highest BCUT2D eigenvalue weighted by Gasteiger charge is 2.07. The van der Waals surface area contributed by atoms with E-state index in [-0.39, 0.29) is 12.5 Å². The zero-order valence-electron chi connectivity index (χ0n) is 16.8. The molecule has 0 saturated carbocycles. The lowest BCUT2D eigenvalue weighted by atomic mass is 10.1. The molecule has 0 bridgehead atoms. The summed E-state index contributed by atoms with van der Waals surface area (Å²) in [6.45, 7) is 3.36. The minimum absolute atomic E-state index is 0.0150. The fourth-order valence-corrected chi connectivity index (χ4v) is 2.91. The van der Waals surface area contributed by atoms with E-state index in [0.29, 0.717) is 19.0 Å². The van der Waals surface area contributed by atoms with Crippen LogP contribution in [0.5, 0.6) is 5.75 Å². The van der Waals surface area contributed by atoms with Gasteiger partial charge in [0.05, 0.1) is 20.2 Å². The number of hydrogen-bond acceptors (Lipinski definition) is 3. The number of methoxy groups -OCH3 is 1. The number of guanidine groups is 1. The first-order valence-corrected chi connectivity index (χ1v) is 9.78. The molecule has 0 aromatic heterocycles. The van der Waals surface area contributed by atoms with E-state index in [2.05, 4.69) is 50.6 Å². The van der Waals surface area contributed by atoms with Crippen molar-refractivity contribution in [2.75, 3.05) is 27.7 Å². The number of aryl methyl sites for hydroxylation is 1. The van der Waals surface area contributed by atoms with Crippen LogP contribution in [0.3, 0.4) is 0 Å².